The number of anilines is 1. The molecule has 6 heteroatoms. The lowest BCUT2D eigenvalue weighted by Crippen LogP contribution is -2.43. The summed E-state index contributed by atoms with van der Waals surface area (Å²) in [7, 11) is 0. The number of hydrogen-bond donors (Lipinski definition) is 0. The van der Waals surface area contributed by atoms with Crippen molar-refractivity contribution in [1.82, 2.24) is 0 Å². The van der Waals surface area contributed by atoms with Gasteiger partial charge in [0.15, 0.2) is 0 Å². The van der Waals surface area contributed by atoms with E-state index < -0.39 is 0 Å². The Morgan fingerprint density at radius 3 is 2.63 bits per heavy atom. The van der Waals surface area contributed by atoms with E-state index >= 15 is 0 Å². The molecule has 0 saturated carbocycles. The molecule has 102 valence electrons. The fourth-order valence-corrected chi connectivity index (χ4v) is 3.13. The van der Waals surface area contributed by atoms with Crippen molar-refractivity contribution in [2.24, 2.45) is 0 Å². The number of benzene rings is 1. The number of non-ortho nitro benzene ring substituents is 1. The van der Waals surface area contributed by atoms with Gasteiger partial charge in [0.2, 0.25) is 0 Å². The fraction of sp³-hybridized carbons (Fsp3) is 0.538. The van der Waals surface area contributed by atoms with Gasteiger partial charge in [-0.05, 0) is 24.5 Å². The summed E-state index contributed by atoms with van der Waals surface area (Å²) in [6.07, 6.45) is 2.78. The minimum atomic E-state index is -0.386. The molecule has 2 unspecified atom stereocenters. The molecule has 2 bridgehead atoms. The van der Waals surface area contributed by atoms with Gasteiger partial charge in [-0.25, -0.2) is 0 Å². The third kappa shape index (κ3) is 2.40. The summed E-state index contributed by atoms with van der Waals surface area (Å²) in [6, 6.07) is 4.92. The first kappa shape index (κ1) is 12.7. The van der Waals surface area contributed by atoms with Crippen LogP contribution >= 0.6 is 11.6 Å². The van der Waals surface area contributed by atoms with Crippen molar-refractivity contribution in [2.75, 3.05) is 18.0 Å². The van der Waals surface area contributed by atoms with Gasteiger partial charge >= 0.3 is 0 Å². The fourth-order valence-electron chi connectivity index (χ4n) is 2.91. The van der Waals surface area contributed by atoms with Gasteiger partial charge in [0.05, 0.1) is 17.1 Å². The summed E-state index contributed by atoms with van der Waals surface area (Å²) in [5.41, 5.74) is 1.91. The number of nitro benzene ring substituents is 1. The predicted molar refractivity (Wildman–Crippen MR) is 72.8 cm³/mol. The van der Waals surface area contributed by atoms with Crippen molar-refractivity contribution in [3.8, 4) is 0 Å². The first-order chi connectivity index (χ1) is 9.17. The van der Waals surface area contributed by atoms with E-state index in [-0.39, 0.29) is 28.7 Å². The van der Waals surface area contributed by atoms with Crippen LogP contribution in [-0.2, 0) is 10.6 Å². The molecule has 19 heavy (non-hydrogen) atoms. The normalized spacial score (nSPS) is 25.6. The highest BCUT2D eigenvalue weighted by Gasteiger charge is 2.34. The summed E-state index contributed by atoms with van der Waals surface area (Å²) < 4.78 is 5.80. The lowest BCUT2D eigenvalue weighted by molar-refractivity contribution is -0.384. The molecule has 0 N–H and O–H groups in total. The Hall–Kier alpha value is -1.33. The lowest BCUT2D eigenvalue weighted by Gasteiger charge is -2.34. The molecule has 3 rings (SSSR count). The van der Waals surface area contributed by atoms with Gasteiger partial charge in [0.25, 0.3) is 5.69 Å². The standard InChI is InChI=1S/C13H15ClN2O3/c14-6-9-5-10(16(17)18)1-4-13(9)15-7-11-2-3-12(8-15)19-11/h1,4-5,11-12H,2-3,6-8H2. The number of rotatable bonds is 3. The minimum absolute atomic E-state index is 0.0932. The second-order valence-corrected chi connectivity index (χ2v) is 5.33. The molecule has 0 amide bonds. The zero-order valence-corrected chi connectivity index (χ0v) is 11.2. The van der Waals surface area contributed by atoms with Crippen molar-refractivity contribution >= 4 is 23.0 Å². The van der Waals surface area contributed by atoms with E-state index in [0.717, 1.165) is 37.2 Å². The zero-order chi connectivity index (χ0) is 13.4. The largest absolute Gasteiger partial charge is 0.371 e. The second-order valence-electron chi connectivity index (χ2n) is 5.07. The Labute approximate surface area is 116 Å². The molecule has 5 nitrogen and oxygen atoms in total. The topological polar surface area (TPSA) is 55.6 Å². The van der Waals surface area contributed by atoms with E-state index in [9.17, 15) is 10.1 Å². The van der Waals surface area contributed by atoms with E-state index in [2.05, 4.69) is 4.90 Å². The number of nitrogens with zero attached hydrogens (tertiary/aromatic N) is 2. The second kappa shape index (κ2) is 4.98. The quantitative estimate of drug-likeness (QED) is 0.486. The molecule has 0 spiro atoms. The van der Waals surface area contributed by atoms with Crippen LogP contribution in [0.5, 0.6) is 0 Å². The van der Waals surface area contributed by atoms with Crippen molar-refractivity contribution < 1.29 is 9.66 Å². The van der Waals surface area contributed by atoms with Gasteiger partial charge in [-0.1, -0.05) is 0 Å². The maximum atomic E-state index is 10.8. The Balaban J connectivity index is 1.89. The van der Waals surface area contributed by atoms with Crippen LogP contribution in [0, 0.1) is 10.1 Å². The molecular formula is C13H15ClN2O3. The number of nitro groups is 1. The van der Waals surface area contributed by atoms with Crippen LogP contribution < -0.4 is 4.90 Å². The number of fused-ring (bicyclic) bond motifs is 2. The Kier molecular flexibility index (Phi) is 3.33. The molecule has 2 fully saturated rings. The smallest absolute Gasteiger partial charge is 0.269 e. The van der Waals surface area contributed by atoms with E-state index in [1.54, 1.807) is 18.2 Å². The molecule has 1 aromatic carbocycles. The number of halogens is 1. The predicted octanol–water partition coefficient (Wildman–Crippen LogP) is 2.70. The SMILES string of the molecule is O=[N+]([O-])c1ccc(N2CC3CCC(C2)O3)c(CCl)c1. The maximum Gasteiger partial charge on any atom is 0.269 e. The molecule has 2 atom stereocenters. The van der Waals surface area contributed by atoms with E-state index in [4.69, 9.17) is 16.3 Å². The van der Waals surface area contributed by atoms with E-state index in [1.807, 2.05) is 0 Å². The summed E-state index contributed by atoms with van der Waals surface area (Å²) in [5.74, 6) is 0.281. The summed E-state index contributed by atoms with van der Waals surface area (Å²) in [6.45, 7) is 1.69. The van der Waals surface area contributed by atoms with E-state index in [0.29, 0.717) is 0 Å². The molecular weight excluding hydrogens is 268 g/mol. The third-order valence-electron chi connectivity index (χ3n) is 3.80. The highest BCUT2D eigenvalue weighted by molar-refractivity contribution is 6.17. The molecule has 2 saturated heterocycles. The van der Waals surface area contributed by atoms with Crippen molar-refractivity contribution in [2.45, 2.75) is 30.9 Å². The molecule has 0 aliphatic carbocycles. The van der Waals surface area contributed by atoms with Crippen LogP contribution in [0.4, 0.5) is 11.4 Å². The molecule has 2 aliphatic rings. The van der Waals surface area contributed by atoms with Crippen LogP contribution in [0.15, 0.2) is 18.2 Å². The highest BCUT2D eigenvalue weighted by atomic mass is 35.5. The van der Waals surface area contributed by atoms with Crippen molar-refractivity contribution in [3.63, 3.8) is 0 Å². The number of morpholine rings is 1. The molecule has 0 aromatic heterocycles. The van der Waals surface area contributed by atoms with Gasteiger partial charge in [-0.3, -0.25) is 10.1 Å². The maximum absolute atomic E-state index is 10.8. The number of hydrogen-bond acceptors (Lipinski definition) is 4. The zero-order valence-electron chi connectivity index (χ0n) is 10.4. The molecule has 1 aromatic rings. The highest BCUT2D eigenvalue weighted by Crippen LogP contribution is 2.33. The first-order valence-corrected chi connectivity index (χ1v) is 6.94. The van der Waals surface area contributed by atoms with E-state index in [1.165, 1.54) is 0 Å². The van der Waals surface area contributed by atoms with Crippen LogP contribution in [0.1, 0.15) is 18.4 Å². The lowest BCUT2D eigenvalue weighted by atomic mass is 10.1. The Morgan fingerprint density at radius 2 is 2.05 bits per heavy atom. The van der Waals surface area contributed by atoms with Crippen LogP contribution in [0.25, 0.3) is 0 Å². The summed E-state index contributed by atoms with van der Waals surface area (Å²) >= 11 is 5.94. The summed E-state index contributed by atoms with van der Waals surface area (Å²) in [4.78, 5) is 12.7. The van der Waals surface area contributed by atoms with Crippen LogP contribution in [-0.4, -0.2) is 30.2 Å². The molecule has 0 radical (unpaired) electrons. The Morgan fingerprint density at radius 1 is 1.37 bits per heavy atom. The Bertz CT molecular complexity index is 497. The third-order valence-corrected chi connectivity index (χ3v) is 4.09. The van der Waals surface area contributed by atoms with Gasteiger partial charge in [0, 0.05) is 36.8 Å². The average Bonchev–Trinajstić information content (AvgIpc) is 2.76. The number of alkyl halides is 1. The monoisotopic (exact) mass is 282 g/mol. The van der Waals surface area contributed by atoms with Gasteiger partial charge in [-0.2, -0.15) is 0 Å². The van der Waals surface area contributed by atoms with Crippen molar-refractivity contribution in [3.05, 3.63) is 33.9 Å². The van der Waals surface area contributed by atoms with Crippen LogP contribution in [0.3, 0.4) is 0 Å². The molecule has 2 heterocycles. The average molecular weight is 283 g/mol. The van der Waals surface area contributed by atoms with Crippen LogP contribution in [0.2, 0.25) is 0 Å². The molecule has 2 aliphatic heterocycles. The van der Waals surface area contributed by atoms with Gasteiger partial charge in [-0.15, -0.1) is 11.6 Å². The number of ether oxygens (including phenoxy) is 1. The first-order valence-electron chi connectivity index (χ1n) is 6.41. The summed E-state index contributed by atoms with van der Waals surface area (Å²) in [5, 5.41) is 10.8. The van der Waals surface area contributed by atoms with Gasteiger partial charge < -0.3 is 9.64 Å². The minimum Gasteiger partial charge on any atom is -0.371 e. The van der Waals surface area contributed by atoms with Crippen molar-refractivity contribution in [1.29, 1.82) is 0 Å². The van der Waals surface area contributed by atoms with Gasteiger partial charge in [0.1, 0.15) is 0 Å².